The van der Waals surface area contributed by atoms with Gasteiger partial charge in [0.05, 0.1) is 0 Å². The van der Waals surface area contributed by atoms with Crippen molar-refractivity contribution in [2.45, 2.75) is 18.9 Å². The third kappa shape index (κ3) is 4.37. The lowest BCUT2D eigenvalue weighted by atomic mass is 10.0. The summed E-state index contributed by atoms with van der Waals surface area (Å²) >= 11 is 0. The van der Waals surface area contributed by atoms with E-state index in [1.165, 1.54) is 12.0 Å². The molecule has 4 heteroatoms. The van der Waals surface area contributed by atoms with E-state index in [9.17, 15) is 0 Å². The van der Waals surface area contributed by atoms with Crippen molar-refractivity contribution < 1.29 is 9.47 Å². The number of nitrogens with one attached hydrogen (secondary N) is 1. The first-order valence-electron chi connectivity index (χ1n) is 8.72. The maximum atomic E-state index is 6.13. The highest BCUT2D eigenvalue weighted by Crippen LogP contribution is 2.38. The third-order valence-corrected chi connectivity index (χ3v) is 4.37. The molecule has 0 bridgehead atoms. The molecule has 1 N–H and O–H groups in total. The van der Waals surface area contributed by atoms with Crippen molar-refractivity contribution in [2.24, 2.45) is 0 Å². The Kier molecular flexibility index (Phi) is 6.16. The van der Waals surface area contributed by atoms with Crippen molar-refractivity contribution in [3.05, 3.63) is 84.4 Å². The Morgan fingerprint density at radius 2 is 1.35 bits per heavy atom. The Labute approximate surface area is 160 Å². The van der Waals surface area contributed by atoms with Crippen LogP contribution in [0.25, 0.3) is 0 Å². The largest absolute Gasteiger partial charge is 0.453 e. The SMILES string of the molecule is Cl.c1ccc(Oc2ccc([C@@H]3CCCN3)cc2Oc2ccccc2)cc1. The quantitative estimate of drug-likeness (QED) is 0.589. The first kappa shape index (κ1) is 18.3. The van der Waals surface area contributed by atoms with Crippen LogP contribution >= 0.6 is 12.4 Å². The summed E-state index contributed by atoms with van der Waals surface area (Å²) < 4.78 is 12.2. The fourth-order valence-corrected chi connectivity index (χ4v) is 3.11. The van der Waals surface area contributed by atoms with Crippen molar-refractivity contribution in [3.8, 4) is 23.0 Å². The molecule has 0 amide bonds. The summed E-state index contributed by atoms with van der Waals surface area (Å²) in [6.07, 6.45) is 2.37. The van der Waals surface area contributed by atoms with E-state index in [1.54, 1.807) is 0 Å². The Morgan fingerprint density at radius 3 is 1.92 bits per heavy atom. The second-order valence-electron chi connectivity index (χ2n) is 6.19. The summed E-state index contributed by atoms with van der Waals surface area (Å²) in [5.74, 6) is 3.06. The van der Waals surface area contributed by atoms with Gasteiger partial charge in [-0.15, -0.1) is 12.4 Å². The van der Waals surface area contributed by atoms with Gasteiger partial charge < -0.3 is 14.8 Å². The number of para-hydroxylation sites is 2. The summed E-state index contributed by atoms with van der Waals surface area (Å²) in [7, 11) is 0. The van der Waals surface area contributed by atoms with Gasteiger partial charge >= 0.3 is 0 Å². The zero-order chi connectivity index (χ0) is 16.9. The number of hydrogen-bond donors (Lipinski definition) is 1. The van der Waals surface area contributed by atoms with Crippen LogP contribution in [-0.2, 0) is 0 Å². The van der Waals surface area contributed by atoms with Gasteiger partial charge in [-0.25, -0.2) is 0 Å². The molecule has 0 unspecified atom stereocenters. The van der Waals surface area contributed by atoms with Crippen LogP contribution in [0.4, 0.5) is 0 Å². The maximum Gasteiger partial charge on any atom is 0.170 e. The molecule has 0 radical (unpaired) electrons. The van der Waals surface area contributed by atoms with E-state index in [0.717, 1.165) is 36.0 Å². The molecule has 3 nitrogen and oxygen atoms in total. The van der Waals surface area contributed by atoms with E-state index in [1.807, 2.05) is 66.7 Å². The Morgan fingerprint density at radius 1 is 0.731 bits per heavy atom. The molecule has 4 rings (SSSR count). The highest BCUT2D eigenvalue weighted by molar-refractivity contribution is 5.85. The first-order chi connectivity index (χ1) is 12.4. The molecule has 0 aromatic heterocycles. The molecule has 26 heavy (non-hydrogen) atoms. The molecule has 0 aliphatic carbocycles. The van der Waals surface area contributed by atoms with Crippen LogP contribution in [0.1, 0.15) is 24.4 Å². The Hall–Kier alpha value is -2.49. The van der Waals surface area contributed by atoms with Gasteiger partial charge in [-0.2, -0.15) is 0 Å². The summed E-state index contributed by atoms with van der Waals surface area (Å²) in [4.78, 5) is 0. The van der Waals surface area contributed by atoms with Gasteiger partial charge in [-0.1, -0.05) is 42.5 Å². The monoisotopic (exact) mass is 367 g/mol. The Balaban J connectivity index is 0.00000196. The van der Waals surface area contributed by atoms with Gasteiger partial charge in [-0.05, 0) is 61.3 Å². The van der Waals surface area contributed by atoms with E-state index in [4.69, 9.17) is 9.47 Å². The van der Waals surface area contributed by atoms with Crippen molar-refractivity contribution in [2.75, 3.05) is 6.54 Å². The number of rotatable bonds is 5. The van der Waals surface area contributed by atoms with Crippen molar-refractivity contribution in [3.63, 3.8) is 0 Å². The lowest BCUT2D eigenvalue weighted by Crippen LogP contribution is -2.12. The minimum absolute atomic E-state index is 0. The maximum absolute atomic E-state index is 6.13. The fraction of sp³-hybridized carbons (Fsp3) is 0.182. The van der Waals surface area contributed by atoms with Crippen molar-refractivity contribution in [1.29, 1.82) is 0 Å². The molecule has 1 fully saturated rings. The van der Waals surface area contributed by atoms with Gasteiger partial charge in [0.25, 0.3) is 0 Å². The van der Waals surface area contributed by atoms with Crippen LogP contribution in [0.5, 0.6) is 23.0 Å². The number of halogens is 1. The normalized spacial score (nSPS) is 15.9. The number of benzene rings is 3. The van der Waals surface area contributed by atoms with E-state index in [0.29, 0.717) is 6.04 Å². The predicted molar refractivity (Wildman–Crippen MR) is 107 cm³/mol. The van der Waals surface area contributed by atoms with Crippen LogP contribution < -0.4 is 14.8 Å². The summed E-state index contributed by atoms with van der Waals surface area (Å²) in [6.45, 7) is 1.07. The molecule has 3 aromatic carbocycles. The lowest BCUT2D eigenvalue weighted by molar-refractivity contribution is 0.417. The third-order valence-electron chi connectivity index (χ3n) is 4.37. The molecule has 1 aliphatic heterocycles. The average molecular weight is 368 g/mol. The first-order valence-corrected chi connectivity index (χ1v) is 8.72. The zero-order valence-electron chi connectivity index (χ0n) is 14.4. The van der Waals surface area contributed by atoms with Crippen molar-refractivity contribution in [1.82, 2.24) is 5.32 Å². The van der Waals surface area contributed by atoms with E-state index >= 15 is 0 Å². The lowest BCUT2D eigenvalue weighted by Gasteiger charge is -2.16. The molecule has 1 atom stereocenters. The minimum atomic E-state index is 0. The van der Waals surface area contributed by atoms with Gasteiger partial charge in [0, 0.05) is 6.04 Å². The molecule has 3 aromatic rings. The summed E-state index contributed by atoms with van der Waals surface area (Å²) in [5, 5.41) is 3.54. The summed E-state index contributed by atoms with van der Waals surface area (Å²) in [6, 6.07) is 26.2. The highest BCUT2D eigenvalue weighted by atomic mass is 35.5. The van der Waals surface area contributed by atoms with Crippen LogP contribution in [0, 0.1) is 0 Å². The van der Waals surface area contributed by atoms with Gasteiger partial charge in [-0.3, -0.25) is 0 Å². The molecule has 1 aliphatic rings. The minimum Gasteiger partial charge on any atom is -0.453 e. The van der Waals surface area contributed by atoms with Gasteiger partial charge in [0.15, 0.2) is 11.5 Å². The molecule has 0 saturated carbocycles. The second kappa shape index (κ2) is 8.75. The van der Waals surface area contributed by atoms with E-state index in [2.05, 4.69) is 17.4 Å². The Bertz CT molecular complexity index is 818. The number of hydrogen-bond acceptors (Lipinski definition) is 3. The van der Waals surface area contributed by atoms with E-state index < -0.39 is 0 Å². The van der Waals surface area contributed by atoms with Gasteiger partial charge in [0.2, 0.25) is 0 Å². The second-order valence-corrected chi connectivity index (χ2v) is 6.19. The van der Waals surface area contributed by atoms with E-state index in [-0.39, 0.29) is 12.4 Å². The topological polar surface area (TPSA) is 30.5 Å². The average Bonchev–Trinajstić information content (AvgIpc) is 3.20. The summed E-state index contributed by atoms with van der Waals surface area (Å²) in [5.41, 5.74) is 1.24. The standard InChI is InChI=1S/C22H21NO2.ClH/c1-3-8-18(9-4-1)24-21-14-13-17(20-12-7-15-23-20)16-22(21)25-19-10-5-2-6-11-19;/h1-6,8-11,13-14,16,20,23H,7,12,15H2;1H/t20-;/m0./s1. The van der Waals surface area contributed by atoms with Crippen LogP contribution in [0.2, 0.25) is 0 Å². The predicted octanol–water partition coefficient (Wildman–Crippen LogP) is 6.12. The molecule has 0 spiro atoms. The van der Waals surface area contributed by atoms with Crippen LogP contribution in [0.3, 0.4) is 0 Å². The number of ether oxygens (including phenoxy) is 2. The molecular formula is C22H22ClNO2. The fourth-order valence-electron chi connectivity index (χ4n) is 3.11. The molecular weight excluding hydrogens is 346 g/mol. The smallest absolute Gasteiger partial charge is 0.170 e. The van der Waals surface area contributed by atoms with Crippen LogP contribution in [-0.4, -0.2) is 6.54 Å². The van der Waals surface area contributed by atoms with Crippen molar-refractivity contribution >= 4 is 12.4 Å². The molecule has 1 heterocycles. The zero-order valence-corrected chi connectivity index (χ0v) is 15.2. The van der Waals surface area contributed by atoms with Crippen LogP contribution in [0.15, 0.2) is 78.9 Å². The molecule has 1 saturated heterocycles. The highest BCUT2D eigenvalue weighted by Gasteiger charge is 2.18. The molecule has 134 valence electrons. The van der Waals surface area contributed by atoms with Gasteiger partial charge in [0.1, 0.15) is 11.5 Å².